The van der Waals surface area contributed by atoms with Crippen LogP contribution >= 0.6 is 58.2 Å². The van der Waals surface area contributed by atoms with E-state index in [1.54, 1.807) is 48.5 Å². The maximum absolute atomic E-state index is 11.7. The fourth-order valence-corrected chi connectivity index (χ4v) is 7.67. The Morgan fingerprint density at radius 1 is 0.889 bits per heavy atom. The molecule has 1 saturated heterocycles. The quantitative estimate of drug-likeness (QED) is 0.134. The molecule has 14 heteroatoms. The first-order valence-electron chi connectivity index (χ1n) is 13.3. The zero-order valence-electron chi connectivity index (χ0n) is 23.9. The van der Waals surface area contributed by atoms with Gasteiger partial charge in [-0.25, -0.2) is 13.9 Å². The Balaban J connectivity index is 0.000000207. The third kappa shape index (κ3) is 8.43. The van der Waals surface area contributed by atoms with Crippen LogP contribution in [-0.2, 0) is 4.74 Å². The Morgan fingerprint density at radius 3 is 1.89 bits per heavy atom. The molecular weight excluding hydrogens is 677 g/mol. The van der Waals surface area contributed by atoms with Gasteiger partial charge in [0.15, 0.2) is 5.09 Å². The third-order valence-corrected chi connectivity index (χ3v) is 10.1. The molecule has 232 valence electrons. The molecule has 0 atom stereocenters. The van der Waals surface area contributed by atoms with Gasteiger partial charge in [-0.05, 0) is 47.3 Å². The predicted molar refractivity (Wildman–Crippen MR) is 177 cm³/mol. The lowest BCUT2D eigenvalue weighted by Gasteiger charge is -2.24. The number of carboxylic acid groups (broad SMARTS) is 2. The molecule has 0 radical (unpaired) electrons. The number of aromatic carboxylic acids is 2. The zero-order valence-corrected chi connectivity index (χ0v) is 27.8. The standard InChI is InChI=1S/C16H13ClN2O3S2.C15H12ClNO3S/c17-11-3-1-10(2-4-11)13-12(9-18)16(23-14(13)15(20)21)24-19-5-7-22-8-6-19;1-8(2)21-15-11(7-17)12(13(20-15)14(18)19)9-3-5-10(16)6-4-9/h1-4H,5-8H2,(H,20,21);3-6,8H,1-2H3,(H,18,19). The number of hydrogen-bond acceptors (Lipinski definition) is 10. The van der Waals surface area contributed by atoms with Crippen molar-refractivity contribution in [1.82, 2.24) is 4.31 Å². The Hall–Kier alpha value is -3.46. The lowest BCUT2D eigenvalue weighted by atomic mass is 10.0. The molecule has 2 N–H and O–H groups in total. The predicted octanol–water partition coefficient (Wildman–Crippen LogP) is 8.65. The molecule has 4 aromatic rings. The summed E-state index contributed by atoms with van der Waals surface area (Å²) >= 11 is 15.6. The van der Waals surface area contributed by atoms with Gasteiger partial charge in [0.1, 0.15) is 22.6 Å². The lowest BCUT2D eigenvalue weighted by molar-refractivity contribution is 0.0655. The smallest absolute Gasteiger partial charge is 0.372 e. The molecule has 45 heavy (non-hydrogen) atoms. The average Bonchev–Trinajstić information content (AvgIpc) is 3.56. The van der Waals surface area contributed by atoms with E-state index in [2.05, 4.69) is 10.4 Å². The minimum Gasteiger partial charge on any atom is -0.477 e. The van der Waals surface area contributed by atoms with Crippen molar-refractivity contribution in [2.45, 2.75) is 28.4 Å². The zero-order chi connectivity index (χ0) is 32.7. The first kappa shape index (κ1) is 34.4. The van der Waals surface area contributed by atoms with Crippen LogP contribution in [0.2, 0.25) is 10.0 Å². The number of nitrogens with zero attached hydrogens (tertiary/aromatic N) is 3. The summed E-state index contributed by atoms with van der Waals surface area (Å²) in [5, 5.41) is 39.5. The van der Waals surface area contributed by atoms with Crippen LogP contribution in [0.1, 0.15) is 45.2 Å². The molecular formula is C31H25Cl2N3O6S3. The highest BCUT2D eigenvalue weighted by Gasteiger charge is 2.28. The van der Waals surface area contributed by atoms with Crippen molar-refractivity contribution < 1.29 is 29.0 Å². The van der Waals surface area contributed by atoms with Crippen LogP contribution in [0.15, 0.2) is 62.2 Å². The summed E-state index contributed by atoms with van der Waals surface area (Å²) in [5.74, 6) is -2.46. The molecule has 0 amide bonds. The van der Waals surface area contributed by atoms with Crippen molar-refractivity contribution in [2.24, 2.45) is 0 Å². The van der Waals surface area contributed by atoms with Gasteiger partial charge in [-0.3, -0.25) is 0 Å². The Bertz CT molecular complexity index is 1770. The molecule has 0 spiro atoms. The normalized spacial score (nSPS) is 13.0. The minimum absolute atomic E-state index is 0.169. The summed E-state index contributed by atoms with van der Waals surface area (Å²) < 4.78 is 13.5. The maximum atomic E-state index is 11.7. The molecule has 1 aliphatic rings. The summed E-state index contributed by atoms with van der Waals surface area (Å²) in [7, 11) is 0. The molecule has 0 saturated carbocycles. The van der Waals surface area contributed by atoms with Crippen molar-refractivity contribution in [3.63, 3.8) is 0 Å². The number of halogens is 2. The fourth-order valence-electron chi connectivity index (χ4n) is 4.23. The van der Waals surface area contributed by atoms with Crippen molar-refractivity contribution in [3.05, 3.63) is 80.3 Å². The van der Waals surface area contributed by atoms with Crippen LogP contribution in [0.25, 0.3) is 22.3 Å². The number of rotatable bonds is 8. The largest absolute Gasteiger partial charge is 0.477 e. The van der Waals surface area contributed by atoms with E-state index in [4.69, 9.17) is 32.4 Å². The number of morpholine rings is 1. The highest BCUT2D eigenvalue weighted by Crippen LogP contribution is 2.43. The van der Waals surface area contributed by atoms with Crippen LogP contribution in [-0.4, -0.2) is 58.0 Å². The van der Waals surface area contributed by atoms with Gasteiger partial charge >= 0.3 is 11.9 Å². The van der Waals surface area contributed by atoms with Gasteiger partial charge in [-0.15, -0.1) is 11.3 Å². The van der Waals surface area contributed by atoms with Gasteiger partial charge in [-0.1, -0.05) is 73.1 Å². The average molecular weight is 703 g/mol. The second-order valence-corrected chi connectivity index (χ2v) is 14.4. The first-order valence-corrected chi connectivity index (χ1v) is 16.6. The van der Waals surface area contributed by atoms with E-state index in [9.17, 15) is 30.3 Å². The number of thioether (sulfide) groups is 1. The molecule has 2 aromatic carbocycles. The van der Waals surface area contributed by atoms with Crippen LogP contribution in [0.3, 0.4) is 0 Å². The van der Waals surface area contributed by atoms with Crippen molar-refractivity contribution in [3.8, 4) is 34.4 Å². The second kappa shape index (κ2) is 15.7. The molecule has 1 fully saturated rings. The number of ether oxygens (including phenoxy) is 1. The van der Waals surface area contributed by atoms with Gasteiger partial charge in [0, 0.05) is 33.9 Å². The Morgan fingerprint density at radius 2 is 1.42 bits per heavy atom. The summed E-state index contributed by atoms with van der Waals surface area (Å²) in [6.07, 6.45) is 0. The van der Waals surface area contributed by atoms with E-state index in [1.165, 1.54) is 23.7 Å². The van der Waals surface area contributed by atoms with Crippen molar-refractivity contribution in [1.29, 1.82) is 10.5 Å². The Kier molecular flexibility index (Phi) is 12.0. The van der Waals surface area contributed by atoms with Crippen LogP contribution in [0.4, 0.5) is 0 Å². The lowest BCUT2D eigenvalue weighted by Crippen LogP contribution is -2.30. The SMILES string of the molecule is CC(C)Sc1oc(C(=O)O)c(-c2ccc(Cl)cc2)c1C#N.N#Cc1c(SN2CCOCC2)sc(C(=O)O)c1-c1ccc(Cl)cc1. The molecule has 0 aliphatic carbocycles. The number of hydrogen-bond donors (Lipinski definition) is 2. The summed E-state index contributed by atoms with van der Waals surface area (Å²) in [4.78, 5) is 23.2. The second-order valence-electron chi connectivity index (χ2n) is 9.58. The van der Waals surface area contributed by atoms with Gasteiger partial charge < -0.3 is 19.4 Å². The Labute approximate surface area is 282 Å². The number of carbonyl (C=O) groups is 2. The van der Waals surface area contributed by atoms with Crippen molar-refractivity contribution in [2.75, 3.05) is 26.3 Å². The molecule has 9 nitrogen and oxygen atoms in total. The van der Waals surface area contributed by atoms with E-state index in [-0.39, 0.29) is 21.5 Å². The summed E-state index contributed by atoms with van der Waals surface area (Å²) in [6, 6.07) is 17.7. The van der Waals surface area contributed by atoms with E-state index < -0.39 is 11.9 Å². The van der Waals surface area contributed by atoms with E-state index >= 15 is 0 Å². The number of nitriles is 2. The molecule has 0 unspecified atom stereocenters. The first-order chi connectivity index (χ1) is 21.5. The van der Waals surface area contributed by atoms with Gasteiger partial charge in [0.25, 0.3) is 0 Å². The van der Waals surface area contributed by atoms with E-state index in [0.29, 0.717) is 60.4 Å². The van der Waals surface area contributed by atoms with Crippen LogP contribution in [0.5, 0.6) is 0 Å². The topological polar surface area (TPSA) is 148 Å². The van der Waals surface area contributed by atoms with Crippen molar-refractivity contribution >= 4 is 70.2 Å². The molecule has 2 aromatic heterocycles. The van der Waals surface area contributed by atoms with E-state index in [1.807, 2.05) is 19.9 Å². The highest BCUT2D eigenvalue weighted by atomic mass is 35.5. The summed E-state index contributed by atoms with van der Waals surface area (Å²) in [5.41, 5.74) is 2.67. The van der Waals surface area contributed by atoms with Gasteiger partial charge in [-0.2, -0.15) is 10.5 Å². The molecule has 1 aliphatic heterocycles. The van der Waals surface area contributed by atoms with Gasteiger partial charge in [0.2, 0.25) is 5.76 Å². The van der Waals surface area contributed by atoms with Crippen LogP contribution in [0, 0.1) is 22.7 Å². The monoisotopic (exact) mass is 701 g/mol. The molecule has 3 heterocycles. The van der Waals surface area contributed by atoms with Crippen LogP contribution < -0.4 is 0 Å². The maximum Gasteiger partial charge on any atom is 0.372 e. The number of carboxylic acids is 2. The van der Waals surface area contributed by atoms with E-state index in [0.717, 1.165) is 24.4 Å². The molecule has 5 rings (SSSR count). The number of benzene rings is 2. The van der Waals surface area contributed by atoms with Gasteiger partial charge in [0.05, 0.1) is 28.5 Å². The number of thiophene rings is 1. The summed E-state index contributed by atoms with van der Waals surface area (Å²) in [6.45, 7) is 6.64. The third-order valence-electron chi connectivity index (χ3n) is 6.15. The molecule has 0 bridgehead atoms. The minimum atomic E-state index is -1.20. The number of furan rings is 1. The fraction of sp³-hybridized carbons (Fsp3) is 0.226. The highest BCUT2D eigenvalue weighted by molar-refractivity contribution is 7.99.